The maximum absolute atomic E-state index is 13.7. The van der Waals surface area contributed by atoms with Crippen molar-refractivity contribution in [2.24, 2.45) is 0 Å². The van der Waals surface area contributed by atoms with Gasteiger partial charge in [0.1, 0.15) is 12.4 Å². The molecule has 1 fully saturated rings. The first-order valence-electron chi connectivity index (χ1n) is 13.8. The summed E-state index contributed by atoms with van der Waals surface area (Å²) in [6, 6.07) is 17.0. The zero-order valence-corrected chi connectivity index (χ0v) is 22.7. The fraction of sp³-hybridized carbons (Fsp3) is 0.194. The molecule has 0 atom stereocenters. The first-order valence-corrected chi connectivity index (χ1v) is 13.8. The number of nitrogens with zero attached hydrogens (tertiary/aromatic N) is 5. The quantitative estimate of drug-likeness (QED) is 0.247. The molecule has 6 aromatic rings. The first kappa shape index (κ1) is 25.8. The minimum atomic E-state index is -0.343. The summed E-state index contributed by atoms with van der Waals surface area (Å²) in [7, 11) is 0. The van der Waals surface area contributed by atoms with Crippen LogP contribution in [-0.2, 0) is 4.74 Å². The van der Waals surface area contributed by atoms with Crippen molar-refractivity contribution in [1.29, 1.82) is 0 Å². The van der Waals surface area contributed by atoms with Gasteiger partial charge in [-0.1, -0.05) is 18.2 Å². The number of anilines is 1. The lowest BCUT2D eigenvalue weighted by Crippen LogP contribution is -2.38. The monoisotopic (exact) mass is 560 g/mol. The number of benzene rings is 2. The molecule has 4 aromatic heterocycles. The average Bonchev–Trinajstić information content (AvgIpc) is 3.52. The van der Waals surface area contributed by atoms with Gasteiger partial charge in [-0.15, -0.1) is 0 Å². The third-order valence-electron chi connectivity index (χ3n) is 7.51. The van der Waals surface area contributed by atoms with Crippen LogP contribution in [0.5, 0.6) is 5.88 Å². The molecule has 42 heavy (non-hydrogen) atoms. The number of H-pyrrole nitrogens is 2. The zero-order chi connectivity index (χ0) is 28.5. The smallest absolute Gasteiger partial charge is 0.261 e. The normalized spacial score (nSPS) is 14.0. The van der Waals surface area contributed by atoms with E-state index in [1.165, 1.54) is 0 Å². The van der Waals surface area contributed by atoms with Gasteiger partial charge in [-0.05, 0) is 35.9 Å². The lowest BCUT2D eigenvalue weighted by atomic mass is 9.94. The van der Waals surface area contributed by atoms with Gasteiger partial charge in [-0.3, -0.25) is 19.8 Å². The van der Waals surface area contributed by atoms with Crippen LogP contribution in [0.15, 0.2) is 78.0 Å². The van der Waals surface area contributed by atoms with Crippen molar-refractivity contribution in [2.45, 2.75) is 0 Å². The third kappa shape index (κ3) is 4.84. The first-order chi connectivity index (χ1) is 20.7. The molecule has 0 amide bonds. The Morgan fingerprint density at radius 3 is 2.67 bits per heavy atom. The van der Waals surface area contributed by atoms with Crippen LogP contribution in [0.25, 0.3) is 55.6 Å². The molecule has 0 unspecified atom stereocenters. The average molecular weight is 561 g/mol. The Balaban J connectivity index is 1.37. The largest absolute Gasteiger partial charge is 0.476 e. The molecule has 2 aromatic carbocycles. The second-order valence-corrected chi connectivity index (χ2v) is 10.1. The molecule has 4 N–H and O–H groups in total. The molecule has 7 rings (SSSR count). The van der Waals surface area contributed by atoms with Gasteiger partial charge >= 0.3 is 0 Å². The van der Waals surface area contributed by atoms with Crippen molar-refractivity contribution in [3.8, 4) is 39.7 Å². The highest BCUT2D eigenvalue weighted by atomic mass is 16.5. The molecule has 0 spiro atoms. The van der Waals surface area contributed by atoms with Crippen molar-refractivity contribution in [1.82, 2.24) is 35.0 Å². The Kier molecular flexibility index (Phi) is 6.78. The number of rotatable bonds is 7. The molecule has 1 aliphatic rings. The second-order valence-electron chi connectivity index (χ2n) is 10.1. The molecule has 11 nitrogen and oxygen atoms in total. The van der Waals surface area contributed by atoms with E-state index in [0.29, 0.717) is 51.7 Å². The summed E-state index contributed by atoms with van der Waals surface area (Å²) in [5.41, 5.74) is 11.6. The number of aromatic nitrogens is 6. The summed E-state index contributed by atoms with van der Waals surface area (Å²) in [6.07, 6.45) is 5.07. The number of nitrogens with two attached hydrogens (primary N) is 1. The van der Waals surface area contributed by atoms with Gasteiger partial charge in [-0.2, -0.15) is 5.10 Å². The van der Waals surface area contributed by atoms with Crippen LogP contribution in [0.1, 0.15) is 0 Å². The minimum Gasteiger partial charge on any atom is -0.476 e. The molecule has 0 aliphatic carbocycles. The summed E-state index contributed by atoms with van der Waals surface area (Å²) in [4.78, 5) is 32.7. The number of morpholine rings is 1. The standard InChI is InChI=1S/C31H28N8O3/c32-28-21(20-3-1-5-25-23(20)18-34-38-25)17-22(29-27(28)31(40)37-30(36-29)19-7-9-33-10-8-19)24-4-2-6-26(35-24)42-16-13-39-11-14-41-15-12-39/h1-10,17-18H,11-16,32H2,(H,34,38)(H,36,37,40). The highest BCUT2D eigenvalue weighted by molar-refractivity contribution is 6.09. The van der Waals surface area contributed by atoms with Crippen molar-refractivity contribution in [3.05, 3.63) is 83.5 Å². The molecular weight excluding hydrogens is 532 g/mol. The Morgan fingerprint density at radius 1 is 0.976 bits per heavy atom. The zero-order valence-electron chi connectivity index (χ0n) is 22.7. The SMILES string of the molecule is Nc1c(-c2cccc3[nH]ncc23)cc(-c2cccc(OCCN3CCOCC3)n2)c2nc(-c3ccncc3)[nH]c(=O)c12. The van der Waals surface area contributed by atoms with Gasteiger partial charge < -0.3 is 20.2 Å². The number of nitrogen functional groups attached to an aromatic ring is 1. The van der Waals surface area contributed by atoms with E-state index in [9.17, 15) is 4.79 Å². The Bertz CT molecular complexity index is 1950. The van der Waals surface area contributed by atoms with Crippen LogP contribution in [0, 0.1) is 0 Å². The number of hydrogen-bond acceptors (Lipinski definition) is 9. The summed E-state index contributed by atoms with van der Waals surface area (Å²) < 4.78 is 11.5. The molecular formula is C31H28N8O3. The molecule has 0 radical (unpaired) electrons. The van der Waals surface area contributed by atoms with Crippen LogP contribution >= 0.6 is 0 Å². The van der Waals surface area contributed by atoms with E-state index in [0.717, 1.165) is 54.9 Å². The Morgan fingerprint density at radius 2 is 1.81 bits per heavy atom. The molecule has 1 aliphatic heterocycles. The summed E-state index contributed by atoms with van der Waals surface area (Å²) in [5, 5.41) is 8.39. The predicted octanol–water partition coefficient (Wildman–Crippen LogP) is 3.88. The molecule has 5 heterocycles. The van der Waals surface area contributed by atoms with Crippen molar-refractivity contribution >= 4 is 27.5 Å². The van der Waals surface area contributed by atoms with E-state index >= 15 is 0 Å². The van der Waals surface area contributed by atoms with Crippen molar-refractivity contribution in [2.75, 3.05) is 45.2 Å². The van der Waals surface area contributed by atoms with Crippen LogP contribution in [0.3, 0.4) is 0 Å². The Labute approximate surface area is 240 Å². The minimum absolute atomic E-state index is 0.293. The predicted molar refractivity (Wildman–Crippen MR) is 161 cm³/mol. The Hall–Kier alpha value is -5.13. The van der Waals surface area contributed by atoms with Gasteiger partial charge in [-0.25, -0.2) is 9.97 Å². The van der Waals surface area contributed by atoms with E-state index in [1.807, 2.05) is 42.5 Å². The summed E-state index contributed by atoms with van der Waals surface area (Å²) >= 11 is 0. The summed E-state index contributed by atoms with van der Waals surface area (Å²) in [5.74, 6) is 0.904. The van der Waals surface area contributed by atoms with Gasteiger partial charge in [0, 0.05) is 60.2 Å². The number of ether oxygens (including phenoxy) is 2. The summed E-state index contributed by atoms with van der Waals surface area (Å²) in [6.45, 7) is 4.53. The number of nitrogens with one attached hydrogen (secondary N) is 2. The molecule has 11 heteroatoms. The van der Waals surface area contributed by atoms with E-state index in [-0.39, 0.29) is 5.56 Å². The van der Waals surface area contributed by atoms with Crippen LogP contribution in [-0.4, -0.2) is 74.5 Å². The highest BCUT2D eigenvalue weighted by Crippen LogP contribution is 2.40. The molecule has 0 saturated carbocycles. The van der Waals surface area contributed by atoms with E-state index in [4.69, 9.17) is 25.2 Å². The lowest BCUT2D eigenvalue weighted by Gasteiger charge is -2.26. The van der Waals surface area contributed by atoms with Crippen LogP contribution in [0.4, 0.5) is 5.69 Å². The van der Waals surface area contributed by atoms with Gasteiger partial charge in [0.05, 0.1) is 47.2 Å². The lowest BCUT2D eigenvalue weighted by molar-refractivity contribution is 0.0320. The van der Waals surface area contributed by atoms with E-state index < -0.39 is 0 Å². The molecule has 210 valence electrons. The molecule has 1 saturated heterocycles. The number of fused-ring (bicyclic) bond motifs is 2. The van der Waals surface area contributed by atoms with Crippen molar-refractivity contribution in [3.63, 3.8) is 0 Å². The fourth-order valence-electron chi connectivity index (χ4n) is 5.36. The molecule has 0 bridgehead atoms. The number of hydrogen-bond donors (Lipinski definition) is 3. The fourth-order valence-corrected chi connectivity index (χ4v) is 5.36. The van der Waals surface area contributed by atoms with Gasteiger partial charge in [0.25, 0.3) is 5.56 Å². The van der Waals surface area contributed by atoms with E-state index in [1.54, 1.807) is 30.7 Å². The van der Waals surface area contributed by atoms with Crippen molar-refractivity contribution < 1.29 is 9.47 Å². The van der Waals surface area contributed by atoms with Crippen LogP contribution in [0.2, 0.25) is 0 Å². The second kappa shape index (κ2) is 11.0. The topological polar surface area (TPSA) is 148 Å². The van der Waals surface area contributed by atoms with E-state index in [2.05, 4.69) is 25.1 Å². The number of aromatic amines is 2. The van der Waals surface area contributed by atoms with Gasteiger partial charge in [0.15, 0.2) is 0 Å². The maximum Gasteiger partial charge on any atom is 0.261 e. The van der Waals surface area contributed by atoms with Gasteiger partial charge in [0.2, 0.25) is 5.88 Å². The number of pyridine rings is 2. The van der Waals surface area contributed by atoms with Crippen LogP contribution < -0.4 is 16.0 Å². The maximum atomic E-state index is 13.7. The highest BCUT2D eigenvalue weighted by Gasteiger charge is 2.21. The third-order valence-corrected chi connectivity index (χ3v) is 7.51.